The first-order valence-corrected chi connectivity index (χ1v) is 12.5. The molecule has 3 heteroatoms. The van der Waals surface area contributed by atoms with E-state index in [0.717, 1.165) is 37.2 Å². The van der Waals surface area contributed by atoms with Gasteiger partial charge in [0.2, 0.25) is 0 Å². The van der Waals surface area contributed by atoms with Crippen molar-refractivity contribution in [1.82, 2.24) is 0 Å². The molecule has 0 aliphatic rings. The van der Waals surface area contributed by atoms with E-state index in [-0.39, 0.29) is 16.8 Å². The minimum absolute atomic E-state index is 0.0178. The molecule has 0 heterocycles. The van der Waals surface area contributed by atoms with Crippen LogP contribution in [0.5, 0.6) is 17.2 Å². The zero-order valence-electron chi connectivity index (χ0n) is 21.5. The first kappa shape index (κ1) is 25.6. The fraction of sp³-hybridized carbons (Fsp3) is 0.387. The quantitative estimate of drug-likeness (QED) is 0.269. The van der Waals surface area contributed by atoms with Crippen LogP contribution in [-0.4, -0.2) is 11.4 Å². The number of carbonyl (C=O) groups is 1. The van der Waals surface area contributed by atoms with Crippen LogP contribution in [0, 0.1) is 0 Å². The number of ether oxygens (including phenoxy) is 2. The predicted molar refractivity (Wildman–Crippen MR) is 140 cm³/mol. The van der Waals surface area contributed by atoms with Crippen LogP contribution < -0.4 is 9.47 Å². The van der Waals surface area contributed by atoms with Crippen molar-refractivity contribution >= 4 is 5.78 Å². The van der Waals surface area contributed by atoms with Crippen molar-refractivity contribution in [3.8, 4) is 17.2 Å². The highest BCUT2D eigenvalue weighted by atomic mass is 16.5. The van der Waals surface area contributed by atoms with E-state index in [1.54, 1.807) is 0 Å². The molecular weight excluding hydrogens is 420 g/mol. The van der Waals surface area contributed by atoms with Gasteiger partial charge in [-0.15, -0.1) is 0 Å². The van der Waals surface area contributed by atoms with Gasteiger partial charge in [-0.25, -0.2) is 0 Å². The Balaban J connectivity index is 1.65. The van der Waals surface area contributed by atoms with Gasteiger partial charge in [-0.1, -0.05) is 58.9 Å². The molecular formula is C31H38O3. The lowest BCUT2D eigenvalue weighted by molar-refractivity contribution is 0.0802. The summed E-state index contributed by atoms with van der Waals surface area (Å²) in [5.41, 5.74) is 2.63. The molecule has 0 N–H and O–H groups in total. The van der Waals surface area contributed by atoms with Gasteiger partial charge in [0.25, 0.3) is 0 Å². The normalized spacial score (nSPS) is 11.8. The summed E-state index contributed by atoms with van der Waals surface area (Å²) in [4.78, 5) is 13.0. The molecule has 0 fully saturated rings. The maximum absolute atomic E-state index is 13.0. The summed E-state index contributed by atoms with van der Waals surface area (Å²) in [5.74, 6) is 2.27. The molecule has 0 aliphatic heterocycles. The average molecular weight is 459 g/mol. The zero-order chi connectivity index (χ0) is 24.8. The summed E-state index contributed by atoms with van der Waals surface area (Å²) in [5, 5.41) is 0. The Morgan fingerprint density at radius 2 is 1.03 bits per heavy atom. The fourth-order valence-electron chi connectivity index (χ4n) is 3.91. The lowest BCUT2D eigenvalue weighted by atomic mass is 9.77. The Morgan fingerprint density at radius 3 is 1.47 bits per heavy atom. The van der Waals surface area contributed by atoms with Crippen molar-refractivity contribution < 1.29 is 14.3 Å². The third kappa shape index (κ3) is 5.88. The highest BCUT2D eigenvalue weighted by Gasteiger charge is 2.23. The van der Waals surface area contributed by atoms with Crippen molar-refractivity contribution in [2.75, 3.05) is 0 Å². The van der Waals surface area contributed by atoms with E-state index in [4.69, 9.17) is 9.47 Å². The van der Waals surface area contributed by atoms with Crippen LogP contribution in [0.25, 0.3) is 0 Å². The number of carbonyl (C=O) groups excluding carboxylic acids is 1. The number of ketones is 1. The van der Waals surface area contributed by atoms with Crippen molar-refractivity contribution in [2.24, 2.45) is 0 Å². The van der Waals surface area contributed by atoms with Crippen LogP contribution in [0.3, 0.4) is 0 Å². The molecule has 0 unspecified atom stereocenters. The standard InChI is InChI=1S/C31H38O3/c1-7-30(5,8-2)25-15-11-23(12-16-25)29(32)24-13-17-26(18-14-24)33-27-19-21-28(22-20-27)34-31(6,9-3)10-4/h11-22H,7-10H2,1-6H3. The Hall–Kier alpha value is -3.07. The molecule has 0 aromatic heterocycles. The van der Waals surface area contributed by atoms with Gasteiger partial charge in [0.15, 0.2) is 5.78 Å². The summed E-state index contributed by atoms with van der Waals surface area (Å²) in [6.07, 6.45) is 4.05. The van der Waals surface area contributed by atoms with E-state index >= 15 is 0 Å². The van der Waals surface area contributed by atoms with Gasteiger partial charge < -0.3 is 9.47 Å². The topological polar surface area (TPSA) is 35.5 Å². The summed E-state index contributed by atoms with van der Waals surface area (Å²) in [6, 6.07) is 23.1. The Bertz CT molecular complexity index is 1060. The maximum atomic E-state index is 13.0. The van der Waals surface area contributed by atoms with E-state index in [2.05, 4.69) is 53.7 Å². The van der Waals surface area contributed by atoms with Gasteiger partial charge in [0, 0.05) is 11.1 Å². The number of benzene rings is 3. The van der Waals surface area contributed by atoms with Gasteiger partial charge in [-0.2, -0.15) is 0 Å². The van der Waals surface area contributed by atoms with Crippen LogP contribution in [0.4, 0.5) is 0 Å². The number of rotatable bonds is 11. The molecule has 0 radical (unpaired) electrons. The highest BCUT2D eigenvalue weighted by molar-refractivity contribution is 6.09. The molecule has 0 atom stereocenters. The second-order valence-electron chi connectivity index (χ2n) is 9.53. The average Bonchev–Trinajstić information content (AvgIpc) is 2.89. The maximum Gasteiger partial charge on any atom is 0.193 e. The van der Waals surface area contributed by atoms with Crippen molar-refractivity contribution in [1.29, 1.82) is 0 Å². The van der Waals surface area contributed by atoms with Crippen LogP contribution in [0.15, 0.2) is 72.8 Å². The molecule has 0 saturated heterocycles. The third-order valence-electron chi connectivity index (χ3n) is 7.44. The largest absolute Gasteiger partial charge is 0.488 e. The van der Waals surface area contributed by atoms with E-state index < -0.39 is 0 Å². The van der Waals surface area contributed by atoms with Crippen LogP contribution in [0.2, 0.25) is 0 Å². The summed E-state index contributed by atoms with van der Waals surface area (Å²) >= 11 is 0. The highest BCUT2D eigenvalue weighted by Crippen LogP contribution is 2.32. The van der Waals surface area contributed by atoms with E-state index in [1.165, 1.54) is 5.56 Å². The minimum atomic E-state index is -0.156. The molecule has 34 heavy (non-hydrogen) atoms. The van der Waals surface area contributed by atoms with Crippen molar-refractivity contribution in [3.63, 3.8) is 0 Å². The molecule has 3 nitrogen and oxygen atoms in total. The first-order valence-electron chi connectivity index (χ1n) is 12.5. The summed E-state index contributed by atoms with van der Waals surface area (Å²) in [6.45, 7) is 13.1. The molecule has 3 rings (SSSR count). The Morgan fingerprint density at radius 1 is 0.618 bits per heavy atom. The second-order valence-corrected chi connectivity index (χ2v) is 9.53. The zero-order valence-corrected chi connectivity index (χ0v) is 21.5. The van der Waals surface area contributed by atoms with Gasteiger partial charge in [-0.05, 0) is 92.1 Å². The lowest BCUT2D eigenvalue weighted by Gasteiger charge is -2.28. The van der Waals surface area contributed by atoms with Crippen LogP contribution in [0.1, 0.15) is 88.7 Å². The molecule has 0 aliphatic carbocycles. The molecule has 180 valence electrons. The predicted octanol–water partition coefficient (Wildman–Crippen LogP) is 8.75. The molecule has 0 bridgehead atoms. The van der Waals surface area contributed by atoms with Crippen molar-refractivity contribution in [2.45, 2.75) is 78.2 Å². The first-order chi connectivity index (χ1) is 16.3. The lowest BCUT2D eigenvalue weighted by Crippen LogP contribution is -2.30. The van der Waals surface area contributed by atoms with Crippen molar-refractivity contribution in [3.05, 3.63) is 89.5 Å². The summed E-state index contributed by atoms with van der Waals surface area (Å²) < 4.78 is 12.1. The van der Waals surface area contributed by atoms with Gasteiger partial charge in [0.1, 0.15) is 22.8 Å². The molecule has 3 aromatic carbocycles. The second kappa shape index (κ2) is 10.9. The molecule has 0 saturated carbocycles. The third-order valence-corrected chi connectivity index (χ3v) is 7.44. The molecule has 3 aromatic rings. The Labute approximate surface area is 205 Å². The Kier molecular flexibility index (Phi) is 8.19. The van der Waals surface area contributed by atoms with Crippen LogP contribution >= 0.6 is 0 Å². The van der Waals surface area contributed by atoms with E-state index in [9.17, 15) is 4.79 Å². The van der Waals surface area contributed by atoms with Gasteiger partial charge >= 0.3 is 0 Å². The monoisotopic (exact) mass is 458 g/mol. The van der Waals surface area contributed by atoms with E-state index in [0.29, 0.717) is 16.9 Å². The molecule has 0 spiro atoms. The molecule has 0 amide bonds. The number of hydrogen-bond acceptors (Lipinski definition) is 3. The van der Waals surface area contributed by atoms with E-state index in [1.807, 2.05) is 60.7 Å². The summed E-state index contributed by atoms with van der Waals surface area (Å²) in [7, 11) is 0. The smallest absolute Gasteiger partial charge is 0.193 e. The SMILES string of the molecule is CCC(C)(CC)Oc1ccc(Oc2ccc(C(=O)c3ccc(C(C)(CC)CC)cc3)cc2)cc1. The fourth-order valence-corrected chi connectivity index (χ4v) is 3.91. The number of hydrogen-bond donors (Lipinski definition) is 0. The minimum Gasteiger partial charge on any atom is -0.488 e. The van der Waals surface area contributed by atoms with Gasteiger partial charge in [0.05, 0.1) is 0 Å². The van der Waals surface area contributed by atoms with Crippen LogP contribution in [-0.2, 0) is 5.41 Å². The van der Waals surface area contributed by atoms with Gasteiger partial charge in [-0.3, -0.25) is 4.79 Å².